The quantitative estimate of drug-likeness (QED) is 0.142. The van der Waals surface area contributed by atoms with Crippen molar-refractivity contribution < 1.29 is 14.7 Å². The number of rotatable bonds is 11. The van der Waals surface area contributed by atoms with Crippen LogP contribution in [0.2, 0.25) is 5.02 Å². The summed E-state index contributed by atoms with van der Waals surface area (Å²) in [6, 6.07) is 26.0. The Labute approximate surface area is 242 Å². The van der Waals surface area contributed by atoms with Crippen molar-refractivity contribution in [3.05, 3.63) is 101 Å². The van der Waals surface area contributed by atoms with Crippen LogP contribution in [-0.4, -0.2) is 72.0 Å². The highest BCUT2D eigenvalue weighted by molar-refractivity contribution is 6.30. The molecule has 0 radical (unpaired) electrons. The number of hydroxylamine groups is 2. The standard InChI is InChI=1S/C32H37ClN4O3/c33-29-15-13-28(14-16-29)31(27-9-2-1-3-10-27)36-23-21-35(22-24-36)19-6-7-25-40-30-17-11-26(12-18-30)8-4-5-20-37(39)32(34)38/h1-3,9-18,31,39H,5-7,19-25H2,(H2,34,38)/t31-/m1/s1. The summed E-state index contributed by atoms with van der Waals surface area (Å²) in [5.74, 6) is 6.74. The summed E-state index contributed by atoms with van der Waals surface area (Å²) in [7, 11) is 0. The maximum Gasteiger partial charge on any atom is 0.338 e. The van der Waals surface area contributed by atoms with Gasteiger partial charge in [-0.1, -0.05) is 65.9 Å². The van der Waals surface area contributed by atoms with Gasteiger partial charge in [0, 0.05) is 43.2 Å². The van der Waals surface area contributed by atoms with Gasteiger partial charge in [0.2, 0.25) is 0 Å². The molecule has 0 spiro atoms. The number of carbonyl (C=O) groups excluding carboxylic acids is 1. The molecule has 40 heavy (non-hydrogen) atoms. The first-order valence-electron chi connectivity index (χ1n) is 13.7. The first kappa shape index (κ1) is 29.4. The van der Waals surface area contributed by atoms with Crippen LogP contribution in [0.15, 0.2) is 78.9 Å². The number of benzene rings is 3. The molecule has 3 aromatic rings. The number of carbonyl (C=O) groups is 1. The van der Waals surface area contributed by atoms with Gasteiger partial charge in [0.15, 0.2) is 0 Å². The maximum atomic E-state index is 10.8. The maximum absolute atomic E-state index is 10.8. The Morgan fingerprint density at radius 3 is 2.30 bits per heavy atom. The molecule has 1 saturated heterocycles. The molecule has 1 aliphatic heterocycles. The second kappa shape index (κ2) is 15.3. The van der Waals surface area contributed by atoms with E-state index in [1.165, 1.54) is 11.1 Å². The molecular weight excluding hydrogens is 524 g/mol. The van der Waals surface area contributed by atoms with Gasteiger partial charge in [-0.25, -0.2) is 9.86 Å². The Hall–Kier alpha value is -3.54. The van der Waals surface area contributed by atoms with Crippen molar-refractivity contribution in [2.45, 2.75) is 25.3 Å². The van der Waals surface area contributed by atoms with Crippen LogP contribution >= 0.6 is 11.6 Å². The van der Waals surface area contributed by atoms with E-state index in [1.807, 2.05) is 36.4 Å². The van der Waals surface area contributed by atoms with Gasteiger partial charge in [0.25, 0.3) is 0 Å². The third kappa shape index (κ3) is 9.00. The molecule has 3 N–H and O–H groups in total. The monoisotopic (exact) mass is 560 g/mol. The zero-order valence-corrected chi connectivity index (χ0v) is 23.5. The SMILES string of the molecule is NC(=O)N(O)CCC#Cc1ccc(OCCCCN2CCN([C@H](c3ccccc3)c3ccc(Cl)cc3)CC2)cc1. The third-order valence-electron chi connectivity index (χ3n) is 7.00. The molecule has 2 amide bonds. The van der Waals surface area contributed by atoms with Crippen LogP contribution in [0.25, 0.3) is 0 Å². The van der Waals surface area contributed by atoms with Gasteiger partial charge in [-0.3, -0.25) is 10.1 Å². The van der Waals surface area contributed by atoms with E-state index in [0.717, 1.165) is 61.9 Å². The molecule has 1 aliphatic rings. The Kier molecular flexibility index (Phi) is 11.3. The molecule has 4 rings (SSSR count). The van der Waals surface area contributed by atoms with Crippen molar-refractivity contribution in [3.63, 3.8) is 0 Å². The van der Waals surface area contributed by atoms with Crippen LogP contribution in [0, 0.1) is 11.8 Å². The van der Waals surface area contributed by atoms with Gasteiger partial charge in [-0.05, 0) is 66.9 Å². The summed E-state index contributed by atoms with van der Waals surface area (Å²) >= 11 is 6.16. The number of halogens is 1. The second-order valence-electron chi connectivity index (χ2n) is 9.84. The van der Waals surface area contributed by atoms with Crippen LogP contribution in [-0.2, 0) is 0 Å². The summed E-state index contributed by atoms with van der Waals surface area (Å²) < 4.78 is 5.91. The molecule has 1 atom stereocenters. The molecule has 0 saturated carbocycles. The predicted molar refractivity (Wildman–Crippen MR) is 158 cm³/mol. The lowest BCUT2D eigenvalue weighted by molar-refractivity contribution is -0.0372. The van der Waals surface area contributed by atoms with Gasteiger partial charge < -0.3 is 15.4 Å². The first-order valence-corrected chi connectivity index (χ1v) is 14.1. The molecule has 7 nitrogen and oxygen atoms in total. The number of hydrogen-bond donors (Lipinski definition) is 2. The number of primary amides is 1. The average Bonchev–Trinajstić information content (AvgIpc) is 2.98. The number of piperazine rings is 1. The third-order valence-corrected chi connectivity index (χ3v) is 7.25. The number of urea groups is 1. The van der Waals surface area contributed by atoms with Crippen LogP contribution in [0.1, 0.15) is 42.0 Å². The van der Waals surface area contributed by atoms with Gasteiger partial charge >= 0.3 is 6.03 Å². The van der Waals surface area contributed by atoms with E-state index in [-0.39, 0.29) is 12.6 Å². The Morgan fingerprint density at radius 1 is 0.950 bits per heavy atom. The number of ether oxygens (including phenoxy) is 1. The van der Waals surface area contributed by atoms with E-state index in [9.17, 15) is 10.0 Å². The van der Waals surface area contributed by atoms with Gasteiger partial charge in [-0.15, -0.1) is 0 Å². The fourth-order valence-electron chi connectivity index (χ4n) is 4.84. The summed E-state index contributed by atoms with van der Waals surface area (Å²) in [5, 5.41) is 10.5. The van der Waals surface area contributed by atoms with Crippen molar-refractivity contribution in [2.75, 3.05) is 45.9 Å². The minimum Gasteiger partial charge on any atom is -0.494 e. The normalized spacial score (nSPS) is 14.7. The zero-order valence-electron chi connectivity index (χ0n) is 22.7. The molecule has 3 aromatic carbocycles. The molecule has 210 valence electrons. The number of unbranched alkanes of at least 4 members (excludes halogenated alkanes) is 1. The summed E-state index contributed by atoms with van der Waals surface area (Å²) in [6.45, 7) is 5.99. The molecule has 0 aromatic heterocycles. The minimum atomic E-state index is -0.881. The van der Waals surface area contributed by atoms with Gasteiger partial charge in [0.1, 0.15) is 5.75 Å². The fourth-order valence-corrected chi connectivity index (χ4v) is 4.96. The lowest BCUT2D eigenvalue weighted by Gasteiger charge is -2.40. The van der Waals surface area contributed by atoms with Crippen LogP contribution in [0.4, 0.5) is 4.79 Å². The van der Waals surface area contributed by atoms with Crippen molar-refractivity contribution in [1.29, 1.82) is 0 Å². The molecule has 8 heteroatoms. The van der Waals surface area contributed by atoms with E-state index in [0.29, 0.717) is 18.1 Å². The lowest BCUT2D eigenvalue weighted by Crippen LogP contribution is -2.48. The molecule has 0 unspecified atom stereocenters. The number of amides is 2. The Balaban J connectivity index is 1.16. The molecule has 0 aliphatic carbocycles. The van der Waals surface area contributed by atoms with Crippen molar-refractivity contribution in [1.82, 2.24) is 14.9 Å². The largest absolute Gasteiger partial charge is 0.494 e. The number of nitrogens with zero attached hydrogens (tertiary/aromatic N) is 3. The lowest BCUT2D eigenvalue weighted by atomic mass is 9.96. The summed E-state index contributed by atoms with van der Waals surface area (Å²) in [5.41, 5.74) is 8.40. The van der Waals surface area contributed by atoms with Crippen LogP contribution in [0.5, 0.6) is 5.75 Å². The average molecular weight is 561 g/mol. The number of hydrogen-bond acceptors (Lipinski definition) is 5. The fraction of sp³-hybridized carbons (Fsp3) is 0.344. The highest BCUT2D eigenvalue weighted by Crippen LogP contribution is 2.30. The van der Waals surface area contributed by atoms with Crippen molar-refractivity contribution in [3.8, 4) is 17.6 Å². The topological polar surface area (TPSA) is 82.3 Å². The molecule has 1 fully saturated rings. The van der Waals surface area contributed by atoms with Crippen LogP contribution < -0.4 is 10.5 Å². The van der Waals surface area contributed by atoms with E-state index < -0.39 is 6.03 Å². The minimum absolute atomic E-state index is 0.0802. The Morgan fingerprint density at radius 2 is 1.62 bits per heavy atom. The molecular formula is C32H37ClN4O3. The zero-order chi connectivity index (χ0) is 28.2. The molecule has 1 heterocycles. The summed E-state index contributed by atoms with van der Waals surface area (Å²) in [6.07, 6.45) is 2.43. The second-order valence-corrected chi connectivity index (χ2v) is 10.3. The van der Waals surface area contributed by atoms with E-state index >= 15 is 0 Å². The highest BCUT2D eigenvalue weighted by atomic mass is 35.5. The van der Waals surface area contributed by atoms with Gasteiger partial charge in [-0.2, -0.15) is 0 Å². The summed E-state index contributed by atoms with van der Waals surface area (Å²) in [4.78, 5) is 15.9. The van der Waals surface area contributed by atoms with Gasteiger partial charge in [0.05, 0.1) is 19.2 Å². The predicted octanol–water partition coefficient (Wildman–Crippen LogP) is 5.42. The van der Waals surface area contributed by atoms with E-state index in [2.05, 4.69) is 64.1 Å². The van der Waals surface area contributed by atoms with Crippen molar-refractivity contribution >= 4 is 17.6 Å². The highest BCUT2D eigenvalue weighted by Gasteiger charge is 2.26. The number of nitrogens with two attached hydrogens (primary N) is 1. The Bertz CT molecular complexity index is 1250. The van der Waals surface area contributed by atoms with Crippen molar-refractivity contribution in [2.24, 2.45) is 5.73 Å². The van der Waals surface area contributed by atoms with Crippen LogP contribution in [0.3, 0.4) is 0 Å². The van der Waals surface area contributed by atoms with E-state index in [4.69, 9.17) is 22.1 Å². The van der Waals surface area contributed by atoms with E-state index in [1.54, 1.807) is 0 Å². The first-order chi connectivity index (χ1) is 19.5. The molecule has 0 bridgehead atoms. The smallest absolute Gasteiger partial charge is 0.338 e.